The highest BCUT2D eigenvalue weighted by Crippen LogP contribution is 2.33. The van der Waals surface area contributed by atoms with Crippen molar-refractivity contribution in [2.24, 2.45) is 11.8 Å². The van der Waals surface area contributed by atoms with Crippen molar-refractivity contribution in [2.45, 2.75) is 75.5 Å². The van der Waals surface area contributed by atoms with Gasteiger partial charge in [-0.05, 0) is 56.3 Å². The van der Waals surface area contributed by atoms with Crippen LogP contribution in [-0.2, 0) is 14.3 Å². The highest BCUT2D eigenvalue weighted by molar-refractivity contribution is 5.83. The van der Waals surface area contributed by atoms with Gasteiger partial charge in [0.05, 0.1) is 12.9 Å². The van der Waals surface area contributed by atoms with Gasteiger partial charge in [-0.15, -0.1) is 0 Å². The van der Waals surface area contributed by atoms with Crippen molar-refractivity contribution in [3.63, 3.8) is 0 Å². The summed E-state index contributed by atoms with van der Waals surface area (Å²) in [6.07, 6.45) is 2.47. The van der Waals surface area contributed by atoms with Crippen molar-refractivity contribution < 1.29 is 29.3 Å². The number of rotatable bonds is 6. The number of carbonyl (C=O) groups excluding carboxylic acids is 2. The smallest absolute Gasteiger partial charge is 0.409 e. The minimum Gasteiger partial charge on any atom is -0.449 e. The van der Waals surface area contributed by atoms with E-state index in [4.69, 9.17) is 15.2 Å². The van der Waals surface area contributed by atoms with Crippen LogP contribution in [0.25, 0.3) is 11.2 Å². The van der Waals surface area contributed by atoms with Crippen LogP contribution in [0.2, 0.25) is 0 Å². The second-order valence-electron chi connectivity index (χ2n) is 10.9. The van der Waals surface area contributed by atoms with E-state index in [9.17, 15) is 19.8 Å². The molecule has 4 atom stereocenters. The van der Waals surface area contributed by atoms with Gasteiger partial charge in [-0.3, -0.25) is 9.36 Å². The van der Waals surface area contributed by atoms with Crippen LogP contribution in [0.1, 0.15) is 57.0 Å². The van der Waals surface area contributed by atoms with Crippen molar-refractivity contribution in [3.8, 4) is 11.8 Å². The molecule has 6 rings (SSSR count). The third-order valence-electron chi connectivity index (χ3n) is 7.75. The van der Waals surface area contributed by atoms with Crippen molar-refractivity contribution in [2.75, 3.05) is 25.4 Å². The third kappa shape index (κ3) is 5.63. The number of amides is 2. The Kier molecular flexibility index (Phi) is 7.01. The molecule has 2 aliphatic heterocycles. The van der Waals surface area contributed by atoms with Gasteiger partial charge in [0.25, 0.3) is 5.91 Å². The van der Waals surface area contributed by atoms with Crippen LogP contribution in [0.3, 0.4) is 0 Å². The number of anilines is 1. The SMILES string of the molecule is Nc1nc(C#CCC2CCN(C(=O)OCC3CC3)CC2)nc2c1ncn2[C@@H]1O[C@H](C(=O)NC2CC2)[C@H](O)C1O. The van der Waals surface area contributed by atoms with Crippen LogP contribution in [0.4, 0.5) is 10.6 Å². The molecule has 4 heterocycles. The summed E-state index contributed by atoms with van der Waals surface area (Å²) in [6, 6.07) is 0.0910. The fraction of sp³-hybridized carbons (Fsp3) is 0.654. The summed E-state index contributed by atoms with van der Waals surface area (Å²) >= 11 is 0. The molecule has 2 aromatic rings. The van der Waals surface area contributed by atoms with E-state index in [2.05, 4.69) is 32.1 Å². The number of hydrogen-bond donors (Lipinski definition) is 4. The van der Waals surface area contributed by atoms with Crippen molar-refractivity contribution >= 4 is 29.0 Å². The van der Waals surface area contributed by atoms with E-state index in [-0.39, 0.29) is 29.4 Å². The summed E-state index contributed by atoms with van der Waals surface area (Å²) in [5, 5.41) is 23.9. The summed E-state index contributed by atoms with van der Waals surface area (Å²) in [5.74, 6) is 6.85. The van der Waals surface area contributed by atoms with Crippen LogP contribution in [0.15, 0.2) is 6.33 Å². The van der Waals surface area contributed by atoms with Crippen LogP contribution in [-0.4, -0.2) is 90.7 Å². The second-order valence-corrected chi connectivity index (χ2v) is 10.9. The standard InChI is InChI=1S/C26H33N7O6/c27-22-18-23(33(13-28-18)25-20(35)19(34)21(39-25)24(36)29-16-6-7-16)31-17(30-22)3-1-2-14-8-10-32(11-9-14)26(37)38-12-15-4-5-15/h13-16,19-21,25,34-35H,2,4-12H2,(H,29,36)(H2,27,30,31)/t19-,20?,21+,25-/m1/s1. The molecular weight excluding hydrogens is 506 g/mol. The summed E-state index contributed by atoms with van der Waals surface area (Å²) in [4.78, 5) is 39.4. The van der Waals surface area contributed by atoms with Crippen LogP contribution >= 0.6 is 0 Å². The molecule has 13 nitrogen and oxygen atoms in total. The van der Waals surface area contributed by atoms with Crippen LogP contribution in [0.5, 0.6) is 0 Å². The number of aromatic nitrogens is 4. The van der Waals surface area contributed by atoms with E-state index in [0.717, 1.165) is 38.5 Å². The van der Waals surface area contributed by atoms with E-state index in [1.807, 2.05) is 0 Å². The zero-order valence-corrected chi connectivity index (χ0v) is 21.5. The first-order chi connectivity index (χ1) is 18.9. The Labute approximate surface area is 225 Å². The number of hydrogen-bond acceptors (Lipinski definition) is 10. The summed E-state index contributed by atoms with van der Waals surface area (Å²) in [6.45, 7) is 1.83. The van der Waals surface area contributed by atoms with Gasteiger partial charge in [-0.25, -0.2) is 19.7 Å². The number of likely N-dealkylation sites (tertiary alicyclic amines) is 1. The lowest BCUT2D eigenvalue weighted by molar-refractivity contribution is -0.137. The number of piperidine rings is 1. The number of nitrogens with two attached hydrogens (primary N) is 1. The number of nitrogens with zero attached hydrogens (tertiary/aromatic N) is 5. The van der Waals surface area contributed by atoms with Gasteiger partial charge in [0.2, 0.25) is 5.82 Å². The number of ether oxygens (including phenoxy) is 2. The molecule has 2 aliphatic carbocycles. The number of imidazole rings is 1. The normalized spacial score (nSPS) is 27.3. The molecule has 0 aromatic carbocycles. The Morgan fingerprint density at radius 2 is 1.87 bits per heavy atom. The molecule has 0 radical (unpaired) electrons. The Morgan fingerprint density at radius 1 is 1.10 bits per heavy atom. The Bertz CT molecular complexity index is 1310. The number of fused-ring (bicyclic) bond motifs is 1. The van der Waals surface area contributed by atoms with Gasteiger partial charge in [-0.1, -0.05) is 5.92 Å². The highest BCUT2D eigenvalue weighted by Gasteiger charge is 2.48. The van der Waals surface area contributed by atoms with Crippen molar-refractivity contribution in [3.05, 3.63) is 12.2 Å². The Morgan fingerprint density at radius 3 is 2.59 bits per heavy atom. The average molecular weight is 540 g/mol. The molecule has 0 bridgehead atoms. The third-order valence-corrected chi connectivity index (χ3v) is 7.75. The lowest BCUT2D eigenvalue weighted by atomic mass is 9.94. The van der Waals surface area contributed by atoms with Gasteiger partial charge in [0.1, 0.15) is 17.7 Å². The molecule has 2 aromatic heterocycles. The van der Waals surface area contributed by atoms with Crippen molar-refractivity contribution in [1.29, 1.82) is 0 Å². The molecule has 2 saturated carbocycles. The zero-order valence-electron chi connectivity index (χ0n) is 21.5. The number of aliphatic hydroxyl groups excluding tert-OH is 2. The first kappa shape index (κ1) is 25.8. The molecule has 4 fully saturated rings. The van der Waals surface area contributed by atoms with Gasteiger partial charge in [0.15, 0.2) is 23.8 Å². The lowest BCUT2D eigenvalue weighted by Gasteiger charge is -2.30. The molecule has 0 spiro atoms. The Balaban J connectivity index is 1.09. The topological polar surface area (TPSA) is 178 Å². The van der Waals surface area contributed by atoms with Gasteiger partial charge in [-0.2, -0.15) is 0 Å². The molecule has 13 heteroatoms. The Hall–Kier alpha value is -3.47. The van der Waals surface area contributed by atoms with Gasteiger partial charge < -0.3 is 35.6 Å². The molecule has 208 valence electrons. The molecule has 2 saturated heterocycles. The minimum atomic E-state index is -1.41. The fourth-order valence-corrected chi connectivity index (χ4v) is 4.96. The molecular formula is C26H33N7O6. The predicted octanol–water partition coefficient (Wildman–Crippen LogP) is 0.307. The zero-order chi connectivity index (χ0) is 27.1. The van der Waals surface area contributed by atoms with E-state index in [1.165, 1.54) is 10.9 Å². The molecule has 1 unspecified atom stereocenters. The van der Waals surface area contributed by atoms with E-state index in [0.29, 0.717) is 43.5 Å². The fourth-order valence-electron chi connectivity index (χ4n) is 4.96. The number of carbonyl (C=O) groups is 2. The van der Waals surface area contributed by atoms with Gasteiger partial charge >= 0.3 is 6.09 Å². The molecule has 5 N–H and O–H groups in total. The maximum atomic E-state index is 12.5. The van der Waals surface area contributed by atoms with Gasteiger partial charge in [0, 0.05) is 25.6 Å². The summed E-state index contributed by atoms with van der Waals surface area (Å²) in [7, 11) is 0. The quantitative estimate of drug-likeness (QED) is 0.373. The monoisotopic (exact) mass is 539 g/mol. The van der Waals surface area contributed by atoms with E-state index >= 15 is 0 Å². The van der Waals surface area contributed by atoms with E-state index < -0.39 is 30.4 Å². The van der Waals surface area contributed by atoms with Crippen LogP contribution < -0.4 is 11.1 Å². The summed E-state index contributed by atoms with van der Waals surface area (Å²) < 4.78 is 12.6. The minimum absolute atomic E-state index is 0.0910. The number of aliphatic hydroxyl groups is 2. The molecule has 39 heavy (non-hydrogen) atoms. The number of nitrogens with one attached hydrogen (secondary N) is 1. The molecule has 4 aliphatic rings. The first-order valence-corrected chi connectivity index (χ1v) is 13.6. The summed E-state index contributed by atoms with van der Waals surface area (Å²) in [5.41, 5.74) is 6.70. The lowest BCUT2D eigenvalue weighted by Crippen LogP contribution is -2.43. The second kappa shape index (κ2) is 10.6. The number of nitrogen functional groups attached to an aromatic ring is 1. The predicted molar refractivity (Wildman–Crippen MR) is 137 cm³/mol. The largest absolute Gasteiger partial charge is 0.449 e. The van der Waals surface area contributed by atoms with Crippen LogP contribution in [0, 0.1) is 23.7 Å². The highest BCUT2D eigenvalue weighted by atomic mass is 16.6. The van der Waals surface area contributed by atoms with E-state index in [1.54, 1.807) is 4.90 Å². The van der Waals surface area contributed by atoms with Crippen molar-refractivity contribution in [1.82, 2.24) is 29.7 Å². The average Bonchev–Trinajstić information content (AvgIpc) is 3.86. The first-order valence-electron chi connectivity index (χ1n) is 13.6. The maximum Gasteiger partial charge on any atom is 0.409 e. The maximum absolute atomic E-state index is 12.5. The molecule has 2 amide bonds.